The normalized spacial score (nSPS) is 9.82. The minimum absolute atomic E-state index is 0.105. The minimum Gasteiger partial charge on any atom is -0.496 e. The Labute approximate surface area is 101 Å². The van der Waals surface area contributed by atoms with E-state index in [1.165, 1.54) is 14.2 Å². The van der Waals surface area contributed by atoms with E-state index in [1.807, 2.05) is 0 Å². The zero-order valence-corrected chi connectivity index (χ0v) is 10.3. The highest BCUT2D eigenvalue weighted by Crippen LogP contribution is 2.31. The first-order valence-electron chi connectivity index (χ1n) is 5.32. The van der Waals surface area contributed by atoms with Gasteiger partial charge in [0.15, 0.2) is 0 Å². The fourth-order valence-corrected chi connectivity index (χ4v) is 1.62. The minimum atomic E-state index is 0.105. The van der Waals surface area contributed by atoms with Crippen molar-refractivity contribution in [3.8, 4) is 11.5 Å². The molecule has 0 aromatic heterocycles. The highest BCUT2D eigenvalue weighted by molar-refractivity contribution is 5.78. The van der Waals surface area contributed by atoms with Crippen LogP contribution in [0.1, 0.15) is 29.3 Å². The SMILES string of the molecule is COc1cc(C=O)cc(OC)c1CCC(C)=O. The zero-order chi connectivity index (χ0) is 12.8. The van der Waals surface area contributed by atoms with Crippen LogP contribution in [0.2, 0.25) is 0 Å². The fraction of sp³-hybridized carbons (Fsp3) is 0.385. The molecule has 0 aliphatic rings. The van der Waals surface area contributed by atoms with Crippen LogP contribution >= 0.6 is 0 Å². The van der Waals surface area contributed by atoms with E-state index in [0.717, 1.165) is 11.8 Å². The van der Waals surface area contributed by atoms with E-state index in [4.69, 9.17) is 9.47 Å². The number of ether oxygens (including phenoxy) is 2. The lowest BCUT2D eigenvalue weighted by molar-refractivity contribution is -0.116. The number of benzene rings is 1. The maximum Gasteiger partial charge on any atom is 0.150 e. The largest absolute Gasteiger partial charge is 0.496 e. The molecule has 0 saturated carbocycles. The summed E-state index contributed by atoms with van der Waals surface area (Å²) in [6, 6.07) is 3.29. The molecule has 0 saturated heterocycles. The van der Waals surface area contributed by atoms with Crippen LogP contribution in [-0.2, 0) is 11.2 Å². The number of aldehydes is 1. The Morgan fingerprint density at radius 2 is 1.76 bits per heavy atom. The van der Waals surface area contributed by atoms with Crippen LogP contribution in [0.5, 0.6) is 11.5 Å². The first kappa shape index (κ1) is 13.2. The van der Waals surface area contributed by atoms with Crippen molar-refractivity contribution in [2.24, 2.45) is 0 Å². The maximum absolute atomic E-state index is 11.0. The van der Waals surface area contributed by atoms with Crippen LogP contribution in [0.4, 0.5) is 0 Å². The van der Waals surface area contributed by atoms with Crippen LogP contribution in [0, 0.1) is 0 Å². The van der Waals surface area contributed by atoms with Gasteiger partial charge in [-0.05, 0) is 25.5 Å². The van der Waals surface area contributed by atoms with Gasteiger partial charge < -0.3 is 14.3 Å². The van der Waals surface area contributed by atoms with Gasteiger partial charge in [-0.3, -0.25) is 4.79 Å². The van der Waals surface area contributed by atoms with Crippen LogP contribution in [0.25, 0.3) is 0 Å². The summed E-state index contributed by atoms with van der Waals surface area (Å²) >= 11 is 0. The molecule has 0 spiro atoms. The number of hydrogen-bond acceptors (Lipinski definition) is 4. The first-order valence-corrected chi connectivity index (χ1v) is 5.32. The molecule has 0 heterocycles. The van der Waals surface area contributed by atoms with Gasteiger partial charge in [0.25, 0.3) is 0 Å². The Morgan fingerprint density at radius 1 is 1.24 bits per heavy atom. The highest BCUT2D eigenvalue weighted by Gasteiger charge is 2.12. The van der Waals surface area contributed by atoms with Gasteiger partial charge in [-0.25, -0.2) is 0 Å². The third-order valence-corrected chi connectivity index (χ3v) is 2.49. The predicted octanol–water partition coefficient (Wildman–Crippen LogP) is 2.04. The Balaban J connectivity index is 3.14. The molecular weight excluding hydrogens is 220 g/mol. The number of carbonyl (C=O) groups is 2. The topological polar surface area (TPSA) is 52.6 Å². The number of ketones is 1. The highest BCUT2D eigenvalue weighted by atomic mass is 16.5. The van der Waals surface area contributed by atoms with Crippen molar-refractivity contribution in [2.75, 3.05) is 14.2 Å². The van der Waals surface area contributed by atoms with Crippen molar-refractivity contribution in [2.45, 2.75) is 19.8 Å². The summed E-state index contributed by atoms with van der Waals surface area (Å²) in [7, 11) is 3.06. The third kappa shape index (κ3) is 3.31. The number of Topliss-reactive ketones (excluding diaryl/α,β-unsaturated/α-hetero) is 1. The lowest BCUT2D eigenvalue weighted by Crippen LogP contribution is -2.01. The van der Waals surface area contributed by atoms with E-state index in [0.29, 0.717) is 29.9 Å². The zero-order valence-electron chi connectivity index (χ0n) is 10.3. The summed E-state index contributed by atoms with van der Waals surface area (Å²) in [5, 5.41) is 0. The molecule has 0 aliphatic heterocycles. The number of carbonyl (C=O) groups excluding carboxylic acids is 2. The maximum atomic E-state index is 11.0. The monoisotopic (exact) mass is 236 g/mol. The van der Waals surface area contributed by atoms with Gasteiger partial charge in [0, 0.05) is 17.5 Å². The van der Waals surface area contributed by atoms with Crippen molar-refractivity contribution in [3.63, 3.8) is 0 Å². The molecule has 0 aliphatic carbocycles. The quantitative estimate of drug-likeness (QED) is 0.709. The van der Waals surface area contributed by atoms with Crippen molar-refractivity contribution < 1.29 is 19.1 Å². The van der Waals surface area contributed by atoms with E-state index >= 15 is 0 Å². The molecule has 0 N–H and O–H groups in total. The summed E-state index contributed by atoms with van der Waals surface area (Å²) in [6.45, 7) is 1.54. The van der Waals surface area contributed by atoms with Crippen LogP contribution < -0.4 is 9.47 Å². The second-order valence-corrected chi connectivity index (χ2v) is 3.72. The summed E-state index contributed by atoms with van der Waals surface area (Å²) in [5.41, 5.74) is 1.31. The second kappa shape index (κ2) is 6.03. The third-order valence-electron chi connectivity index (χ3n) is 2.49. The fourth-order valence-electron chi connectivity index (χ4n) is 1.62. The van der Waals surface area contributed by atoms with Gasteiger partial charge in [0.05, 0.1) is 14.2 Å². The first-order chi connectivity index (χ1) is 8.12. The van der Waals surface area contributed by atoms with Crippen molar-refractivity contribution in [1.29, 1.82) is 0 Å². The van der Waals surface area contributed by atoms with E-state index in [1.54, 1.807) is 19.1 Å². The molecule has 4 heteroatoms. The molecule has 17 heavy (non-hydrogen) atoms. The van der Waals surface area contributed by atoms with E-state index in [-0.39, 0.29) is 5.78 Å². The lowest BCUT2D eigenvalue weighted by Gasteiger charge is -2.13. The summed E-state index contributed by atoms with van der Waals surface area (Å²) in [5.74, 6) is 1.26. The van der Waals surface area contributed by atoms with Crippen LogP contribution in [0.15, 0.2) is 12.1 Å². The number of methoxy groups -OCH3 is 2. The van der Waals surface area contributed by atoms with Gasteiger partial charge >= 0.3 is 0 Å². The Bertz CT molecular complexity index is 398. The molecule has 4 nitrogen and oxygen atoms in total. The molecule has 0 fully saturated rings. The van der Waals surface area contributed by atoms with Gasteiger partial charge in [-0.1, -0.05) is 0 Å². The number of rotatable bonds is 6. The summed E-state index contributed by atoms with van der Waals surface area (Å²) < 4.78 is 10.4. The van der Waals surface area contributed by atoms with Gasteiger partial charge in [-0.15, -0.1) is 0 Å². The molecule has 1 aromatic rings. The van der Waals surface area contributed by atoms with Gasteiger partial charge in [-0.2, -0.15) is 0 Å². The van der Waals surface area contributed by atoms with Gasteiger partial charge in [0.1, 0.15) is 23.6 Å². The van der Waals surface area contributed by atoms with Crippen LogP contribution in [0.3, 0.4) is 0 Å². The Hall–Kier alpha value is -1.84. The number of hydrogen-bond donors (Lipinski definition) is 0. The molecule has 0 atom stereocenters. The van der Waals surface area contributed by atoms with E-state index in [2.05, 4.69) is 0 Å². The molecule has 0 unspecified atom stereocenters. The summed E-state index contributed by atoms with van der Waals surface area (Å²) in [4.78, 5) is 21.8. The second-order valence-electron chi connectivity index (χ2n) is 3.72. The molecule has 0 amide bonds. The molecule has 0 bridgehead atoms. The Morgan fingerprint density at radius 3 is 2.12 bits per heavy atom. The molecular formula is C13H16O4. The average Bonchev–Trinajstić information content (AvgIpc) is 2.34. The van der Waals surface area contributed by atoms with Gasteiger partial charge in [0.2, 0.25) is 0 Å². The average molecular weight is 236 g/mol. The van der Waals surface area contributed by atoms with Crippen molar-refractivity contribution in [1.82, 2.24) is 0 Å². The standard InChI is InChI=1S/C13H16O4/c1-9(15)4-5-11-12(16-2)6-10(8-14)7-13(11)17-3/h6-8H,4-5H2,1-3H3. The predicted molar refractivity (Wildman–Crippen MR) is 63.9 cm³/mol. The smallest absolute Gasteiger partial charge is 0.150 e. The van der Waals surface area contributed by atoms with Crippen LogP contribution in [-0.4, -0.2) is 26.3 Å². The van der Waals surface area contributed by atoms with Crippen molar-refractivity contribution in [3.05, 3.63) is 23.3 Å². The van der Waals surface area contributed by atoms with E-state index in [9.17, 15) is 9.59 Å². The Kier molecular flexibility index (Phi) is 4.69. The lowest BCUT2D eigenvalue weighted by atomic mass is 10.0. The molecule has 0 radical (unpaired) electrons. The molecule has 1 aromatic carbocycles. The molecule has 1 rings (SSSR count). The summed E-state index contributed by atoms with van der Waals surface area (Å²) in [6.07, 6.45) is 1.70. The van der Waals surface area contributed by atoms with E-state index < -0.39 is 0 Å². The van der Waals surface area contributed by atoms with Crippen molar-refractivity contribution >= 4 is 12.1 Å². The molecule has 92 valence electrons.